The molecule has 1 aliphatic carbocycles. The highest BCUT2D eigenvalue weighted by Crippen LogP contribution is 2.40. The lowest BCUT2D eigenvalue weighted by molar-refractivity contribution is -0.144. The second-order valence-corrected chi connectivity index (χ2v) is 23.1. The first-order valence-corrected chi connectivity index (χ1v) is 26.9. The summed E-state index contributed by atoms with van der Waals surface area (Å²) in [6, 6.07) is 22.6. The average Bonchev–Trinajstić information content (AvgIpc) is 4.23. The van der Waals surface area contributed by atoms with Gasteiger partial charge in [-0.05, 0) is 118 Å². The van der Waals surface area contributed by atoms with Crippen LogP contribution in [0, 0.1) is 39.0 Å². The molecule has 5 aromatic rings. The summed E-state index contributed by atoms with van der Waals surface area (Å²) < 4.78 is 8.25. The number of fused-ring (bicyclic) bond motifs is 3. The van der Waals surface area contributed by atoms with Gasteiger partial charge in [-0.3, -0.25) is 28.7 Å². The maximum absolute atomic E-state index is 14.3. The van der Waals surface area contributed by atoms with E-state index in [0.29, 0.717) is 31.9 Å². The fourth-order valence-electron chi connectivity index (χ4n) is 10.7. The molecule has 2 saturated heterocycles. The molecule has 0 spiro atoms. The largest absolute Gasteiger partial charge is 0.369 e. The van der Waals surface area contributed by atoms with E-state index in [1.165, 1.54) is 21.6 Å². The highest BCUT2D eigenvalue weighted by Gasteiger charge is 2.44. The molecule has 0 saturated carbocycles. The van der Waals surface area contributed by atoms with Gasteiger partial charge >= 0.3 is 0 Å². The van der Waals surface area contributed by atoms with Gasteiger partial charge in [-0.15, -0.1) is 21.5 Å². The zero-order valence-corrected chi connectivity index (χ0v) is 45.4. The first-order chi connectivity index (χ1) is 35.3. The molecule has 388 valence electrons. The molecular weight excluding hydrogens is 947 g/mol. The number of nitrogens with zero attached hydrogens (tertiary/aromatic N) is 6. The molecule has 14 nitrogen and oxygen atoms in total. The van der Waals surface area contributed by atoms with Crippen LogP contribution in [-0.4, -0.2) is 93.4 Å². The normalized spacial score (nSPS) is 20.2. The predicted octanol–water partition coefficient (Wildman–Crippen LogP) is 9.14. The summed E-state index contributed by atoms with van der Waals surface area (Å²) in [6.45, 7) is 22.2. The molecule has 3 aromatic carbocycles. The molecule has 4 aliphatic rings. The fraction of sp³-hybridized carbons (Fsp3) is 0.441. The Morgan fingerprint density at radius 3 is 2.27 bits per heavy atom. The molecule has 6 atom stereocenters. The van der Waals surface area contributed by atoms with E-state index < -0.39 is 23.5 Å². The molecule has 9 rings (SSSR count). The number of hydrogen-bond donors (Lipinski definition) is 3. The zero-order valence-electron chi connectivity index (χ0n) is 44.5. The van der Waals surface area contributed by atoms with Crippen LogP contribution in [0.5, 0.6) is 0 Å². The first-order valence-electron chi connectivity index (χ1n) is 26.1. The molecular formula is C59H71N9O5S. The number of anilines is 1. The Bertz CT molecular complexity index is 3020. The Balaban J connectivity index is 0.766. The number of aryl methyl sites for hydroxylation is 3. The van der Waals surface area contributed by atoms with Crippen LogP contribution in [0.1, 0.15) is 135 Å². The third-order valence-corrected chi connectivity index (χ3v) is 16.3. The van der Waals surface area contributed by atoms with Crippen molar-refractivity contribution in [2.75, 3.05) is 31.1 Å². The van der Waals surface area contributed by atoms with Crippen LogP contribution >= 0.6 is 11.3 Å². The van der Waals surface area contributed by atoms with Crippen molar-refractivity contribution >= 4 is 51.9 Å². The number of carbonyl (C=O) groups is 4. The highest BCUT2D eigenvalue weighted by atomic mass is 32.1. The number of amides is 4. The summed E-state index contributed by atoms with van der Waals surface area (Å²) in [7, 11) is 0. The number of likely N-dealkylation sites (tertiary alicyclic amines) is 1. The van der Waals surface area contributed by atoms with Crippen LogP contribution < -0.4 is 20.9 Å². The molecule has 15 heteroatoms. The number of nitrogens with one attached hydrogen (secondary N) is 3. The molecule has 0 radical (unpaired) electrons. The molecule has 74 heavy (non-hydrogen) atoms. The number of aliphatic imine (C=N–C) groups is 1. The van der Waals surface area contributed by atoms with E-state index >= 15 is 0 Å². The van der Waals surface area contributed by atoms with Crippen molar-refractivity contribution in [2.24, 2.45) is 16.3 Å². The summed E-state index contributed by atoms with van der Waals surface area (Å²) in [5.74, 6) is 0.578. The minimum Gasteiger partial charge on any atom is -0.369 e. The van der Waals surface area contributed by atoms with Gasteiger partial charge in [0.1, 0.15) is 35.6 Å². The van der Waals surface area contributed by atoms with Crippen LogP contribution in [0.3, 0.4) is 0 Å². The number of aromatic nitrogens is 3. The van der Waals surface area contributed by atoms with Gasteiger partial charge < -0.3 is 30.5 Å². The number of ether oxygens (including phenoxy) is 1. The van der Waals surface area contributed by atoms with Crippen molar-refractivity contribution in [1.82, 2.24) is 35.6 Å². The van der Waals surface area contributed by atoms with Gasteiger partial charge in [0, 0.05) is 47.9 Å². The molecule has 0 bridgehead atoms. The number of rotatable bonds is 15. The maximum atomic E-state index is 14.3. The van der Waals surface area contributed by atoms with Gasteiger partial charge in [-0.2, -0.15) is 0 Å². The Morgan fingerprint density at radius 2 is 1.58 bits per heavy atom. The molecule has 5 heterocycles. The Hall–Kier alpha value is -6.71. The molecule has 3 N–H and O–H groups in total. The van der Waals surface area contributed by atoms with E-state index in [4.69, 9.17) is 9.73 Å². The first kappa shape index (κ1) is 52.2. The van der Waals surface area contributed by atoms with E-state index in [-0.39, 0.29) is 54.7 Å². The van der Waals surface area contributed by atoms with Crippen molar-refractivity contribution in [3.8, 4) is 5.00 Å². The van der Waals surface area contributed by atoms with E-state index in [1.54, 1.807) is 16.2 Å². The number of allylic oxidation sites excluding steroid dienone is 4. The summed E-state index contributed by atoms with van der Waals surface area (Å²) in [5, 5.41) is 19.3. The van der Waals surface area contributed by atoms with Gasteiger partial charge in [0.2, 0.25) is 23.6 Å². The second kappa shape index (κ2) is 21.6. The van der Waals surface area contributed by atoms with Gasteiger partial charge in [0.25, 0.3) is 0 Å². The number of carbonyl (C=O) groups excluding carboxylic acids is 4. The number of hydrogen-bond acceptors (Lipinski definition) is 10. The molecule has 2 fully saturated rings. The van der Waals surface area contributed by atoms with Crippen molar-refractivity contribution in [3.05, 3.63) is 146 Å². The maximum Gasteiger partial charge on any atom is 0.246 e. The van der Waals surface area contributed by atoms with Crippen molar-refractivity contribution in [2.45, 2.75) is 132 Å². The lowest BCUT2D eigenvalue weighted by Crippen LogP contribution is -2.58. The minimum absolute atomic E-state index is 0.105. The van der Waals surface area contributed by atoms with Crippen LogP contribution in [0.25, 0.3) is 10.6 Å². The van der Waals surface area contributed by atoms with E-state index in [2.05, 4.69) is 124 Å². The van der Waals surface area contributed by atoms with Gasteiger partial charge in [-0.1, -0.05) is 106 Å². The molecule has 3 aliphatic heterocycles. The van der Waals surface area contributed by atoms with Crippen LogP contribution in [0.15, 0.2) is 95.5 Å². The van der Waals surface area contributed by atoms with E-state index in [1.807, 2.05) is 65.8 Å². The highest BCUT2D eigenvalue weighted by molar-refractivity contribution is 7.15. The van der Waals surface area contributed by atoms with Crippen molar-refractivity contribution in [3.63, 3.8) is 0 Å². The lowest BCUT2D eigenvalue weighted by Gasteiger charge is -2.35. The summed E-state index contributed by atoms with van der Waals surface area (Å²) in [4.78, 5) is 65.8. The van der Waals surface area contributed by atoms with Crippen molar-refractivity contribution < 1.29 is 23.9 Å². The fourth-order valence-corrected chi connectivity index (χ4v) is 11.9. The molecule has 4 unspecified atom stereocenters. The Kier molecular flexibility index (Phi) is 15.2. The molecule has 2 aromatic heterocycles. The quantitative estimate of drug-likeness (QED) is 0.0936. The van der Waals surface area contributed by atoms with Crippen LogP contribution in [0.2, 0.25) is 0 Å². The van der Waals surface area contributed by atoms with Crippen LogP contribution in [-0.2, 0) is 30.5 Å². The summed E-state index contributed by atoms with van der Waals surface area (Å²) >= 11 is 1.70. The Labute approximate surface area is 439 Å². The standard InChI is InChI=1S/C59H71N9O5S/c1-34-14-18-44(19-15-34)53-52-37(4)39(6)74-58(52)68-40(7)64-65-55(68)48(62-53)29-50(69)61-38(5)42-22-24-45(25-23-42)66-27-26-46(32-66)73-33-51(70)63-54(59(8,9)10)57(72)67-31-35(2)28-49(67)56(71)60-30-41-16-20-43(21-17-41)47-13-11-12-36(47)3/h11-12,14-25,35,38,46,48-49,54H,13,26-33H2,1-10H3,(H,60,71)(H,61,69)(H,63,70)/t35?,38?,46?,48?,49-,54+/m0/s1. The monoisotopic (exact) mass is 1020 g/mol. The van der Waals surface area contributed by atoms with Gasteiger partial charge in [-0.25, -0.2) is 0 Å². The third kappa shape index (κ3) is 11.2. The average molecular weight is 1020 g/mol. The number of benzene rings is 3. The van der Waals surface area contributed by atoms with Gasteiger partial charge in [0.05, 0.1) is 24.3 Å². The molecule has 4 amide bonds. The second-order valence-electron chi connectivity index (χ2n) is 21.9. The minimum atomic E-state index is -0.850. The topological polar surface area (TPSA) is 163 Å². The SMILES string of the molecule is CC1=C(c2ccc(CNC(=O)[C@@H]3CC(C)CN3C(=O)[C@@H](NC(=O)COC3CCN(c4ccc(C(C)NC(=O)CC5N=C(c6ccc(C)cc6)c6c(sc(C)c6C)-n6c(C)nnc65)cc4)C3)C(C)(C)C)cc2)CC=C1. The lowest BCUT2D eigenvalue weighted by atomic mass is 9.85. The number of thiophene rings is 1. The van der Waals surface area contributed by atoms with Crippen LogP contribution in [0.4, 0.5) is 5.69 Å². The summed E-state index contributed by atoms with van der Waals surface area (Å²) in [5.41, 5.74) is 11.4. The Morgan fingerprint density at radius 1 is 0.865 bits per heavy atom. The van der Waals surface area contributed by atoms with E-state index in [9.17, 15) is 19.2 Å². The predicted molar refractivity (Wildman–Crippen MR) is 293 cm³/mol. The van der Waals surface area contributed by atoms with Gasteiger partial charge in [0.15, 0.2) is 5.82 Å². The van der Waals surface area contributed by atoms with E-state index in [0.717, 1.165) is 75.0 Å². The third-order valence-electron chi connectivity index (χ3n) is 15.1. The smallest absolute Gasteiger partial charge is 0.246 e. The zero-order chi connectivity index (χ0) is 52.6. The summed E-state index contributed by atoms with van der Waals surface area (Å²) in [6.07, 6.45) is 6.46. The van der Waals surface area contributed by atoms with Crippen molar-refractivity contribution in [1.29, 1.82) is 0 Å².